The molecule has 1 saturated carbocycles. The van der Waals surface area contributed by atoms with Crippen LogP contribution in [0.3, 0.4) is 0 Å². The fourth-order valence-corrected chi connectivity index (χ4v) is 4.73. The number of hydrogen-bond donors (Lipinski definition) is 0. The van der Waals surface area contributed by atoms with Gasteiger partial charge in [-0.15, -0.1) is 0 Å². The van der Waals surface area contributed by atoms with Gasteiger partial charge in [0.1, 0.15) is 6.07 Å². The molecule has 2 unspecified atom stereocenters. The summed E-state index contributed by atoms with van der Waals surface area (Å²) < 4.78 is 5.97. The second kappa shape index (κ2) is 8.16. The number of benzene rings is 2. The molecule has 0 N–H and O–H groups in total. The van der Waals surface area contributed by atoms with Crippen LogP contribution in [0, 0.1) is 31.1 Å². The van der Waals surface area contributed by atoms with Gasteiger partial charge in [-0.2, -0.15) is 10.2 Å². The van der Waals surface area contributed by atoms with E-state index in [4.69, 9.17) is 4.42 Å². The molecule has 2 heterocycles. The first kappa shape index (κ1) is 20.3. The van der Waals surface area contributed by atoms with Gasteiger partial charge in [0, 0.05) is 37.7 Å². The van der Waals surface area contributed by atoms with E-state index >= 15 is 0 Å². The zero-order valence-corrected chi connectivity index (χ0v) is 18.4. The van der Waals surface area contributed by atoms with Crippen LogP contribution in [0.25, 0.3) is 11.5 Å². The lowest BCUT2D eigenvalue weighted by molar-refractivity contribution is -0.133. The third-order valence-electron chi connectivity index (χ3n) is 6.39. The Morgan fingerprint density at radius 2 is 1.75 bits per heavy atom. The lowest BCUT2D eigenvalue weighted by atomic mass is 10.0. The van der Waals surface area contributed by atoms with Crippen molar-refractivity contribution in [1.29, 1.82) is 5.26 Å². The molecule has 1 aromatic heterocycles. The van der Waals surface area contributed by atoms with E-state index in [1.807, 2.05) is 40.1 Å². The first-order chi connectivity index (χ1) is 15.5. The van der Waals surface area contributed by atoms with Crippen LogP contribution in [-0.4, -0.2) is 42.0 Å². The number of carbonyl (C=O) groups excluding carboxylic acids is 1. The van der Waals surface area contributed by atoms with Gasteiger partial charge in [0.25, 0.3) is 0 Å². The second-order valence-corrected chi connectivity index (χ2v) is 8.83. The highest BCUT2D eigenvalue weighted by Crippen LogP contribution is 2.49. The summed E-state index contributed by atoms with van der Waals surface area (Å²) in [5, 5.41) is 9.54. The fraction of sp³-hybridized carbons (Fsp3) is 0.346. The smallest absolute Gasteiger partial charge is 0.235 e. The Bertz CT molecular complexity index is 1170. The lowest BCUT2D eigenvalue weighted by Crippen LogP contribution is -2.49. The van der Waals surface area contributed by atoms with Crippen molar-refractivity contribution in [3.63, 3.8) is 0 Å². The number of aryl methyl sites for hydroxylation is 2. The number of oxazole rings is 1. The van der Waals surface area contributed by atoms with Crippen LogP contribution in [0.15, 0.2) is 52.9 Å². The van der Waals surface area contributed by atoms with E-state index < -0.39 is 0 Å². The van der Waals surface area contributed by atoms with Crippen LogP contribution in [-0.2, 0) is 4.79 Å². The standard InChI is InChI=1S/C26H26N4O2/c1-17-12-18(2)14-20(13-17)21-15-22(21)25(31)29-8-10-30(11-9-29)26-23(16-27)28-24(32-26)19-6-4-3-5-7-19/h3-7,12-14,21-22H,8-11,15H2,1-2H3. The van der Waals surface area contributed by atoms with E-state index in [-0.39, 0.29) is 11.8 Å². The minimum atomic E-state index is 0.0902. The number of amides is 1. The SMILES string of the molecule is Cc1cc(C)cc(C2CC2C(=O)N2CCN(c3oc(-c4ccccc4)nc3C#N)CC2)c1. The van der Waals surface area contributed by atoms with Gasteiger partial charge in [-0.05, 0) is 43.9 Å². The van der Waals surface area contributed by atoms with E-state index in [0.29, 0.717) is 49.6 Å². The Balaban J connectivity index is 1.24. The largest absolute Gasteiger partial charge is 0.419 e. The predicted molar refractivity (Wildman–Crippen MR) is 122 cm³/mol. The molecule has 162 valence electrons. The fourth-order valence-electron chi connectivity index (χ4n) is 4.73. The molecule has 32 heavy (non-hydrogen) atoms. The molecule has 0 spiro atoms. The molecule has 2 aromatic carbocycles. The first-order valence-corrected chi connectivity index (χ1v) is 11.1. The number of rotatable bonds is 4. The zero-order valence-electron chi connectivity index (χ0n) is 18.4. The molecule has 2 aliphatic rings. The van der Waals surface area contributed by atoms with E-state index in [2.05, 4.69) is 43.1 Å². The van der Waals surface area contributed by atoms with E-state index in [1.54, 1.807) is 0 Å². The van der Waals surface area contributed by atoms with Gasteiger partial charge in [-0.25, -0.2) is 0 Å². The average Bonchev–Trinajstić information content (AvgIpc) is 3.50. The Hall–Kier alpha value is -3.59. The summed E-state index contributed by atoms with van der Waals surface area (Å²) in [5.74, 6) is 1.62. The molecule has 1 saturated heterocycles. The summed E-state index contributed by atoms with van der Waals surface area (Å²) in [6.45, 7) is 6.73. The monoisotopic (exact) mass is 426 g/mol. The number of nitriles is 1. The highest BCUT2D eigenvalue weighted by atomic mass is 16.4. The van der Waals surface area contributed by atoms with Crippen LogP contribution in [0.5, 0.6) is 0 Å². The maximum Gasteiger partial charge on any atom is 0.235 e. The Morgan fingerprint density at radius 1 is 1.06 bits per heavy atom. The molecule has 1 amide bonds. The van der Waals surface area contributed by atoms with Crippen molar-refractivity contribution in [1.82, 2.24) is 9.88 Å². The number of hydrogen-bond acceptors (Lipinski definition) is 5. The summed E-state index contributed by atoms with van der Waals surface area (Å²) in [6.07, 6.45) is 0.934. The Labute approximate surface area is 188 Å². The van der Waals surface area contributed by atoms with Crippen LogP contribution in [0.4, 0.5) is 5.88 Å². The number of anilines is 1. The van der Waals surface area contributed by atoms with Crippen molar-refractivity contribution in [2.45, 2.75) is 26.2 Å². The van der Waals surface area contributed by atoms with E-state index in [9.17, 15) is 10.1 Å². The summed E-state index contributed by atoms with van der Waals surface area (Å²) in [5.41, 5.74) is 4.92. The van der Waals surface area contributed by atoms with Crippen LogP contribution < -0.4 is 4.90 Å². The number of carbonyl (C=O) groups is 1. The normalized spacial score (nSPS) is 20.2. The summed E-state index contributed by atoms with van der Waals surface area (Å²) in [7, 11) is 0. The highest BCUT2D eigenvalue weighted by Gasteiger charge is 2.46. The predicted octanol–water partition coefficient (Wildman–Crippen LogP) is 4.28. The molecule has 1 aliphatic carbocycles. The first-order valence-electron chi connectivity index (χ1n) is 11.1. The van der Waals surface area contributed by atoms with Crippen molar-refractivity contribution in [2.24, 2.45) is 5.92 Å². The molecular formula is C26H26N4O2. The molecule has 2 fully saturated rings. The van der Waals surface area contributed by atoms with Crippen LogP contribution >= 0.6 is 0 Å². The highest BCUT2D eigenvalue weighted by molar-refractivity contribution is 5.83. The Morgan fingerprint density at radius 3 is 2.41 bits per heavy atom. The maximum atomic E-state index is 13.1. The van der Waals surface area contributed by atoms with Crippen molar-refractivity contribution in [3.8, 4) is 17.5 Å². The quantitative estimate of drug-likeness (QED) is 0.623. The number of nitrogens with zero attached hydrogens (tertiary/aromatic N) is 4. The van der Waals surface area contributed by atoms with Crippen molar-refractivity contribution in [3.05, 3.63) is 70.9 Å². The second-order valence-electron chi connectivity index (χ2n) is 8.83. The minimum Gasteiger partial charge on any atom is -0.419 e. The molecule has 1 aliphatic heterocycles. The summed E-state index contributed by atoms with van der Waals surface area (Å²) in [4.78, 5) is 21.4. The zero-order chi connectivity index (χ0) is 22.2. The number of aromatic nitrogens is 1. The molecule has 6 heteroatoms. The Kier molecular flexibility index (Phi) is 5.18. The molecule has 0 radical (unpaired) electrons. The molecular weight excluding hydrogens is 400 g/mol. The topological polar surface area (TPSA) is 73.4 Å². The van der Waals surface area contributed by atoms with E-state index in [0.717, 1.165) is 12.0 Å². The molecule has 5 rings (SSSR count). The third-order valence-corrected chi connectivity index (χ3v) is 6.39. The number of piperazine rings is 1. The average molecular weight is 427 g/mol. The van der Waals surface area contributed by atoms with Gasteiger partial charge >= 0.3 is 0 Å². The van der Waals surface area contributed by atoms with Crippen molar-refractivity contribution < 1.29 is 9.21 Å². The van der Waals surface area contributed by atoms with E-state index in [1.165, 1.54) is 16.7 Å². The summed E-state index contributed by atoms with van der Waals surface area (Å²) in [6, 6.07) is 18.3. The summed E-state index contributed by atoms with van der Waals surface area (Å²) >= 11 is 0. The van der Waals surface area contributed by atoms with Crippen molar-refractivity contribution >= 4 is 11.8 Å². The van der Waals surface area contributed by atoms with Gasteiger partial charge < -0.3 is 14.2 Å². The lowest BCUT2D eigenvalue weighted by Gasteiger charge is -2.34. The molecule has 6 nitrogen and oxygen atoms in total. The van der Waals surface area contributed by atoms with Crippen LogP contribution in [0.2, 0.25) is 0 Å². The third kappa shape index (κ3) is 3.87. The van der Waals surface area contributed by atoms with Crippen molar-refractivity contribution in [2.75, 3.05) is 31.1 Å². The van der Waals surface area contributed by atoms with Gasteiger partial charge in [-0.1, -0.05) is 47.5 Å². The van der Waals surface area contributed by atoms with Crippen LogP contribution in [0.1, 0.15) is 34.7 Å². The molecule has 3 aromatic rings. The van der Waals surface area contributed by atoms with Gasteiger partial charge in [0.05, 0.1) is 0 Å². The van der Waals surface area contributed by atoms with Gasteiger partial charge in [-0.3, -0.25) is 4.79 Å². The molecule has 2 atom stereocenters. The minimum absolute atomic E-state index is 0.0902. The van der Waals surface area contributed by atoms with Gasteiger partial charge in [0.15, 0.2) is 0 Å². The maximum absolute atomic E-state index is 13.1. The van der Waals surface area contributed by atoms with Gasteiger partial charge in [0.2, 0.25) is 23.4 Å². The molecule has 0 bridgehead atoms.